The lowest BCUT2D eigenvalue weighted by Gasteiger charge is -2.20. The quantitative estimate of drug-likeness (QED) is 0.824. The van der Waals surface area contributed by atoms with Crippen molar-refractivity contribution in [2.75, 3.05) is 26.8 Å². The molecule has 0 fully saturated rings. The Bertz CT molecular complexity index is 406. The van der Waals surface area contributed by atoms with Crippen LogP contribution in [0.3, 0.4) is 0 Å². The third-order valence-electron chi connectivity index (χ3n) is 2.57. The molecule has 92 valence electrons. The van der Waals surface area contributed by atoms with E-state index in [1.54, 1.807) is 5.54 Å². The summed E-state index contributed by atoms with van der Waals surface area (Å²) in [4.78, 5) is 2.17. The number of fused-ring (bicyclic) bond motifs is 1. The molecule has 0 unspecified atom stereocenters. The van der Waals surface area contributed by atoms with Gasteiger partial charge in [0.05, 0.1) is 0 Å². The molecule has 0 N–H and O–H groups in total. The molecule has 0 bridgehead atoms. The Kier molecular flexibility index (Phi) is 4.29. The number of benzene rings is 1. The summed E-state index contributed by atoms with van der Waals surface area (Å²) in [5.74, 6) is 1.68. The largest absolute Gasteiger partial charge is 0.486 e. The fraction of sp³-hybridized carbons (Fsp3) is 0.385. The van der Waals surface area contributed by atoms with Crippen LogP contribution in [0.1, 0.15) is 5.56 Å². The Morgan fingerprint density at radius 1 is 1.29 bits per heavy atom. The van der Waals surface area contributed by atoms with Crippen LogP contribution in [0.2, 0.25) is 0 Å². The Hall–Kier alpha value is -1.19. The molecular weight excluding hydrogens is 238 g/mol. The molecule has 1 aromatic carbocycles. The first-order valence-electron chi connectivity index (χ1n) is 5.62. The normalized spacial score (nSPS) is 14.5. The lowest BCUT2D eigenvalue weighted by molar-refractivity contribution is 0.171. The topological polar surface area (TPSA) is 21.7 Å². The van der Waals surface area contributed by atoms with Crippen molar-refractivity contribution < 1.29 is 9.47 Å². The summed E-state index contributed by atoms with van der Waals surface area (Å²) in [5.41, 5.74) is 2.75. The number of halogens is 1. The zero-order valence-corrected chi connectivity index (χ0v) is 10.6. The molecule has 0 aromatic heterocycles. The van der Waals surface area contributed by atoms with Gasteiger partial charge in [-0.25, -0.2) is 0 Å². The predicted octanol–water partition coefficient (Wildman–Crippen LogP) is 2.64. The van der Waals surface area contributed by atoms with Gasteiger partial charge in [0, 0.05) is 18.6 Å². The van der Waals surface area contributed by atoms with E-state index < -0.39 is 0 Å². The highest BCUT2D eigenvalue weighted by molar-refractivity contribution is 6.25. The van der Waals surface area contributed by atoms with Crippen LogP contribution >= 0.6 is 11.6 Å². The summed E-state index contributed by atoms with van der Waals surface area (Å²) >= 11 is 5.50. The van der Waals surface area contributed by atoms with Crippen molar-refractivity contribution in [2.45, 2.75) is 6.54 Å². The third-order valence-corrected chi connectivity index (χ3v) is 2.74. The average Bonchev–Trinajstić information content (AvgIpc) is 2.36. The molecule has 0 atom stereocenters. The van der Waals surface area contributed by atoms with Crippen molar-refractivity contribution in [3.63, 3.8) is 0 Å². The summed E-state index contributed by atoms with van der Waals surface area (Å²) in [7, 11) is 2.05. The highest BCUT2D eigenvalue weighted by Gasteiger charge is 2.11. The molecule has 17 heavy (non-hydrogen) atoms. The van der Waals surface area contributed by atoms with E-state index in [0.29, 0.717) is 13.2 Å². The summed E-state index contributed by atoms with van der Waals surface area (Å²) in [5, 5.41) is 0. The predicted molar refractivity (Wildman–Crippen MR) is 68.8 cm³/mol. The summed E-state index contributed by atoms with van der Waals surface area (Å²) in [6.07, 6.45) is 1.92. The van der Waals surface area contributed by atoms with Crippen LogP contribution in [-0.2, 0) is 6.54 Å². The molecule has 0 saturated carbocycles. The Morgan fingerprint density at radius 3 is 2.82 bits per heavy atom. The van der Waals surface area contributed by atoms with E-state index in [2.05, 4.69) is 11.0 Å². The lowest BCUT2D eigenvalue weighted by atomic mass is 10.2. The number of likely N-dealkylation sites (N-methyl/N-ethyl adjacent to an activating group) is 1. The number of nitrogens with zero attached hydrogens (tertiary/aromatic N) is 1. The minimum Gasteiger partial charge on any atom is -0.486 e. The Labute approximate surface area is 107 Å². The molecule has 1 aliphatic heterocycles. The smallest absolute Gasteiger partial charge is 0.161 e. The first kappa shape index (κ1) is 12.3. The first-order valence-corrected chi connectivity index (χ1v) is 6.05. The van der Waals surface area contributed by atoms with Crippen LogP contribution in [0.4, 0.5) is 0 Å². The molecule has 3 nitrogen and oxygen atoms in total. The molecule has 1 aliphatic rings. The number of hydrogen-bond acceptors (Lipinski definition) is 3. The van der Waals surface area contributed by atoms with Gasteiger partial charge in [0.1, 0.15) is 13.2 Å². The lowest BCUT2D eigenvalue weighted by Crippen LogP contribution is -2.19. The van der Waals surface area contributed by atoms with Gasteiger partial charge in [-0.05, 0) is 24.7 Å². The van der Waals surface area contributed by atoms with Gasteiger partial charge in [-0.15, -0.1) is 0 Å². The van der Waals surface area contributed by atoms with Crippen molar-refractivity contribution in [1.29, 1.82) is 0 Å². The van der Waals surface area contributed by atoms with Gasteiger partial charge in [-0.2, -0.15) is 0 Å². The zero-order valence-electron chi connectivity index (χ0n) is 9.86. The summed E-state index contributed by atoms with van der Waals surface area (Å²) < 4.78 is 11.0. The van der Waals surface area contributed by atoms with E-state index in [4.69, 9.17) is 21.1 Å². The standard InChI is InChI=1S/C13H16ClNO2/c1-15(6-2-5-14)10-11-3-4-12-13(9-11)17-8-7-16-12/h2-5,9H,6-8,10H2,1H3/b5-2+. The van der Waals surface area contributed by atoms with E-state index >= 15 is 0 Å². The van der Waals surface area contributed by atoms with E-state index in [-0.39, 0.29) is 0 Å². The molecule has 4 heteroatoms. The van der Waals surface area contributed by atoms with Crippen molar-refractivity contribution in [2.24, 2.45) is 0 Å². The molecule has 0 saturated heterocycles. The summed E-state index contributed by atoms with van der Waals surface area (Å²) in [6, 6.07) is 6.07. The van der Waals surface area contributed by atoms with E-state index in [1.165, 1.54) is 5.56 Å². The first-order chi connectivity index (χ1) is 8.29. The van der Waals surface area contributed by atoms with Gasteiger partial charge < -0.3 is 9.47 Å². The second-order valence-corrected chi connectivity index (χ2v) is 4.29. The zero-order chi connectivity index (χ0) is 12.1. The average molecular weight is 254 g/mol. The highest BCUT2D eigenvalue weighted by atomic mass is 35.5. The minimum atomic E-state index is 0.626. The van der Waals surface area contributed by atoms with Crippen LogP contribution in [0.15, 0.2) is 29.8 Å². The van der Waals surface area contributed by atoms with Crippen LogP contribution in [0.25, 0.3) is 0 Å². The van der Waals surface area contributed by atoms with Crippen LogP contribution in [-0.4, -0.2) is 31.7 Å². The second kappa shape index (κ2) is 5.94. The second-order valence-electron chi connectivity index (χ2n) is 4.04. The van der Waals surface area contributed by atoms with E-state index in [0.717, 1.165) is 24.6 Å². The van der Waals surface area contributed by atoms with Gasteiger partial charge in [0.15, 0.2) is 11.5 Å². The van der Waals surface area contributed by atoms with Gasteiger partial charge in [-0.1, -0.05) is 23.7 Å². The van der Waals surface area contributed by atoms with Gasteiger partial charge >= 0.3 is 0 Å². The molecular formula is C13H16ClNO2. The molecule has 0 spiro atoms. The highest BCUT2D eigenvalue weighted by Crippen LogP contribution is 2.30. The molecule has 2 rings (SSSR count). The maximum Gasteiger partial charge on any atom is 0.161 e. The van der Waals surface area contributed by atoms with Crippen molar-refractivity contribution >= 4 is 11.6 Å². The number of rotatable bonds is 4. The molecule has 1 heterocycles. The van der Waals surface area contributed by atoms with Crippen molar-refractivity contribution in [1.82, 2.24) is 4.90 Å². The molecule has 0 radical (unpaired) electrons. The fourth-order valence-corrected chi connectivity index (χ4v) is 1.86. The third kappa shape index (κ3) is 3.38. The monoisotopic (exact) mass is 253 g/mol. The van der Waals surface area contributed by atoms with Crippen LogP contribution < -0.4 is 9.47 Å². The number of ether oxygens (including phenoxy) is 2. The van der Waals surface area contributed by atoms with E-state index in [1.807, 2.05) is 25.3 Å². The molecule has 1 aromatic rings. The van der Waals surface area contributed by atoms with Crippen molar-refractivity contribution in [3.05, 3.63) is 35.4 Å². The Balaban J connectivity index is 2.01. The number of hydrogen-bond donors (Lipinski definition) is 0. The van der Waals surface area contributed by atoms with Gasteiger partial charge in [0.2, 0.25) is 0 Å². The summed E-state index contributed by atoms with van der Waals surface area (Å²) in [6.45, 7) is 2.95. The van der Waals surface area contributed by atoms with Gasteiger partial charge in [0.25, 0.3) is 0 Å². The maximum absolute atomic E-state index is 5.55. The molecule has 0 amide bonds. The van der Waals surface area contributed by atoms with Crippen LogP contribution in [0, 0.1) is 0 Å². The van der Waals surface area contributed by atoms with Gasteiger partial charge in [-0.3, -0.25) is 4.90 Å². The van der Waals surface area contributed by atoms with Crippen molar-refractivity contribution in [3.8, 4) is 11.5 Å². The minimum absolute atomic E-state index is 0.626. The van der Waals surface area contributed by atoms with Crippen LogP contribution in [0.5, 0.6) is 11.5 Å². The fourth-order valence-electron chi connectivity index (χ4n) is 1.78. The van der Waals surface area contributed by atoms with E-state index in [9.17, 15) is 0 Å². The SMILES string of the molecule is CN(C/C=C/Cl)Cc1ccc2c(c1)OCCO2. The molecule has 0 aliphatic carbocycles. The Morgan fingerprint density at radius 2 is 2.06 bits per heavy atom. The maximum atomic E-state index is 5.55.